The molecule has 27 heavy (non-hydrogen) atoms. The van der Waals surface area contributed by atoms with Crippen LogP contribution in [0.5, 0.6) is 0 Å². The lowest BCUT2D eigenvalue weighted by molar-refractivity contribution is 0.0858. The van der Waals surface area contributed by atoms with Crippen molar-refractivity contribution in [3.63, 3.8) is 0 Å². The first kappa shape index (κ1) is 18.8. The number of hydrogen-bond donors (Lipinski definition) is 2. The van der Waals surface area contributed by atoms with Gasteiger partial charge in [-0.3, -0.25) is 4.79 Å². The molecule has 2 aromatic rings. The highest BCUT2D eigenvalue weighted by Crippen LogP contribution is 2.13. The van der Waals surface area contributed by atoms with E-state index in [0.29, 0.717) is 29.5 Å². The van der Waals surface area contributed by atoms with E-state index in [0.717, 1.165) is 19.4 Å². The zero-order valence-corrected chi connectivity index (χ0v) is 15.4. The molecule has 3 amide bonds. The second-order valence-corrected chi connectivity index (χ2v) is 6.44. The van der Waals surface area contributed by atoms with Crippen molar-refractivity contribution in [1.29, 1.82) is 0 Å². The van der Waals surface area contributed by atoms with E-state index in [1.165, 1.54) is 4.90 Å². The van der Waals surface area contributed by atoms with Crippen LogP contribution in [0.25, 0.3) is 0 Å². The first-order valence-electron chi connectivity index (χ1n) is 8.82. The molecule has 1 aromatic heterocycles. The Morgan fingerprint density at radius 3 is 2.70 bits per heavy atom. The van der Waals surface area contributed by atoms with Gasteiger partial charge in [-0.1, -0.05) is 5.16 Å². The fraction of sp³-hybridized carbons (Fsp3) is 0.444. The predicted molar refractivity (Wildman–Crippen MR) is 97.3 cm³/mol. The molecule has 2 heterocycles. The first-order valence-corrected chi connectivity index (χ1v) is 8.82. The lowest BCUT2D eigenvalue weighted by atomic mass is 10.2. The number of amides is 3. The Balaban J connectivity index is 1.48. The molecule has 1 aliphatic rings. The highest BCUT2D eigenvalue weighted by molar-refractivity contribution is 5.95. The van der Waals surface area contributed by atoms with Crippen molar-refractivity contribution in [3.8, 4) is 0 Å². The van der Waals surface area contributed by atoms with Crippen molar-refractivity contribution in [3.05, 3.63) is 41.5 Å². The highest BCUT2D eigenvalue weighted by Gasteiger charge is 2.17. The summed E-state index contributed by atoms with van der Waals surface area (Å²) in [6.45, 7) is 3.19. The lowest BCUT2D eigenvalue weighted by Crippen LogP contribution is -2.32. The number of anilines is 1. The third kappa shape index (κ3) is 5.27. The van der Waals surface area contributed by atoms with Gasteiger partial charge in [0, 0.05) is 38.4 Å². The molecule has 0 saturated carbocycles. The molecule has 9 nitrogen and oxygen atoms in total. The van der Waals surface area contributed by atoms with Crippen LogP contribution >= 0.6 is 0 Å². The first-order chi connectivity index (χ1) is 13.0. The van der Waals surface area contributed by atoms with E-state index >= 15 is 0 Å². The number of carbonyl (C=O) groups is 2. The zero-order valence-electron chi connectivity index (χ0n) is 15.4. The molecule has 144 valence electrons. The molecule has 1 aliphatic heterocycles. The van der Waals surface area contributed by atoms with Crippen LogP contribution in [0.2, 0.25) is 0 Å². The largest absolute Gasteiger partial charge is 0.376 e. The Morgan fingerprint density at radius 2 is 2.07 bits per heavy atom. The summed E-state index contributed by atoms with van der Waals surface area (Å²) in [5.74, 6) is 0.726. The topological polar surface area (TPSA) is 110 Å². The number of benzene rings is 1. The number of nitrogens with zero attached hydrogens (tertiary/aromatic N) is 3. The van der Waals surface area contributed by atoms with Crippen LogP contribution in [-0.4, -0.2) is 53.3 Å². The van der Waals surface area contributed by atoms with Gasteiger partial charge in [0.2, 0.25) is 5.89 Å². The van der Waals surface area contributed by atoms with Gasteiger partial charge in [0.05, 0.1) is 12.6 Å². The van der Waals surface area contributed by atoms with Gasteiger partial charge in [-0.25, -0.2) is 4.79 Å². The summed E-state index contributed by atoms with van der Waals surface area (Å²) in [7, 11) is 1.63. The van der Waals surface area contributed by atoms with E-state index in [1.54, 1.807) is 38.2 Å². The number of nitrogens with one attached hydrogen (secondary N) is 2. The number of carbonyl (C=O) groups excluding carboxylic acids is 2. The molecular formula is C18H23N5O4. The van der Waals surface area contributed by atoms with Crippen molar-refractivity contribution in [2.75, 3.05) is 25.5 Å². The predicted octanol–water partition coefficient (Wildman–Crippen LogP) is 1.95. The van der Waals surface area contributed by atoms with Gasteiger partial charge in [-0.2, -0.15) is 4.98 Å². The highest BCUT2D eigenvalue weighted by atomic mass is 16.5. The molecule has 0 aliphatic carbocycles. The van der Waals surface area contributed by atoms with E-state index in [9.17, 15) is 9.59 Å². The summed E-state index contributed by atoms with van der Waals surface area (Å²) >= 11 is 0. The molecule has 0 spiro atoms. The molecule has 3 rings (SSSR count). The number of urea groups is 1. The van der Waals surface area contributed by atoms with Gasteiger partial charge in [0.1, 0.15) is 0 Å². The van der Waals surface area contributed by atoms with Gasteiger partial charge in [0.15, 0.2) is 5.82 Å². The maximum absolute atomic E-state index is 12.2. The normalized spacial score (nSPS) is 16.1. The average Bonchev–Trinajstić information content (AvgIpc) is 3.32. The van der Waals surface area contributed by atoms with Gasteiger partial charge < -0.3 is 24.8 Å². The Kier molecular flexibility index (Phi) is 6.02. The number of hydrogen-bond acceptors (Lipinski definition) is 6. The summed E-state index contributed by atoms with van der Waals surface area (Å²) in [6, 6.07) is 6.40. The molecule has 0 radical (unpaired) electrons. The SMILES string of the molecule is Cc1nc(CN(C)C(=O)Nc2ccc(C(=O)NC[C@H]3CCCO3)cc2)no1. The van der Waals surface area contributed by atoms with Crippen LogP contribution < -0.4 is 10.6 Å². The Labute approximate surface area is 157 Å². The number of aryl methyl sites for hydroxylation is 1. The minimum absolute atomic E-state index is 0.103. The molecule has 2 N–H and O–H groups in total. The fourth-order valence-electron chi connectivity index (χ4n) is 2.73. The Hall–Kier alpha value is -2.94. The smallest absolute Gasteiger partial charge is 0.321 e. The standard InChI is InChI=1S/C18H23N5O4/c1-12-20-16(22-27-12)11-23(2)18(25)21-14-7-5-13(6-8-14)17(24)19-10-15-4-3-9-26-15/h5-8,15H,3-4,9-11H2,1-2H3,(H,19,24)(H,21,25)/t15-/m1/s1. The van der Waals surface area contributed by atoms with Crippen molar-refractivity contribution >= 4 is 17.6 Å². The molecule has 9 heteroatoms. The summed E-state index contributed by atoms with van der Waals surface area (Å²) in [6.07, 6.45) is 2.11. The van der Waals surface area contributed by atoms with Crippen LogP contribution in [0, 0.1) is 6.92 Å². The van der Waals surface area contributed by atoms with Crippen molar-refractivity contribution in [1.82, 2.24) is 20.4 Å². The third-order valence-electron chi connectivity index (χ3n) is 4.21. The van der Waals surface area contributed by atoms with Crippen molar-refractivity contribution < 1.29 is 18.8 Å². The van der Waals surface area contributed by atoms with Gasteiger partial charge in [-0.05, 0) is 37.1 Å². The van der Waals surface area contributed by atoms with Crippen LogP contribution in [0.4, 0.5) is 10.5 Å². The third-order valence-corrected chi connectivity index (χ3v) is 4.21. The molecule has 0 bridgehead atoms. The van der Waals surface area contributed by atoms with Gasteiger partial charge in [-0.15, -0.1) is 0 Å². The van der Waals surface area contributed by atoms with Gasteiger partial charge >= 0.3 is 6.03 Å². The van der Waals surface area contributed by atoms with E-state index < -0.39 is 0 Å². The monoisotopic (exact) mass is 373 g/mol. The summed E-state index contributed by atoms with van der Waals surface area (Å²) in [4.78, 5) is 29.9. The summed E-state index contributed by atoms with van der Waals surface area (Å²) < 4.78 is 10.4. The minimum atomic E-state index is -0.312. The van der Waals surface area contributed by atoms with Crippen LogP contribution in [0.15, 0.2) is 28.8 Å². The van der Waals surface area contributed by atoms with Crippen LogP contribution in [0.1, 0.15) is 34.9 Å². The van der Waals surface area contributed by atoms with E-state index in [2.05, 4.69) is 20.8 Å². The van der Waals surface area contributed by atoms with E-state index in [-0.39, 0.29) is 24.6 Å². The minimum Gasteiger partial charge on any atom is -0.376 e. The number of ether oxygens (including phenoxy) is 1. The van der Waals surface area contributed by atoms with Crippen molar-refractivity contribution in [2.45, 2.75) is 32.4 Å². The second kappa shape index (κ2) is 8.63. The quantitative estimate of drug-likeness (QED) is 0.801. The Bertz CT molecular complexity index is 783. The molecular weight excluding hydrogens is 350 g/mol. The van der Waals surface area contributed by atoms with E-state index in [1.807, 2.05) is 0 Å². The van der Waals surface area contributed by atoms with E-state index in [4.69, 9.17) is 9.26 Å². The molecule has 1 saturated heterocycles. The maximum atomic E-state index is 12.2. The van der Waals surface area contributed by atoms with Gasteiger partial charge in [0.25, 0.3) is 5.91 Å². The number of aromatic nitrogens is 2. The molecule has 0 unspecified atom stereocenters. The molecule has 1 atom stereocenters. The van der Waals surface area contributed by atoms with Crippen molar-refractivity contribution in [2.24, 2.45) is 0 Å². The average molecular weight is 373 g/mol. The zero-order chi connectivity index (χ0) is 19.2. The maximum Gasteiger partial charge on any atom is 0.321 e. The number of rotatable bonds is 6. The van der Waals surface area contributed by atoms with Crippen LogP contribution in [-0.2, 0) is 11.3 Å². The fourth-order valence-corrected chi connectivity index (χ4v) is 2.73. The summed E-state index contributed by atoms with van der Waals surface area (Å²) in [5.41, 5.74) is 1.12. The molecule has 1 aromatic carbocycles. The Morgan fingerprint density at radius 1 is 1.30 bits per heavy atom. The lowest BCUT2D eigenvalue weighted by Gasteiger charge is -2.16. The molecule has 1 fully saturated rings. The van der Waals surface area contributed by atoms with Crippen LogP contribution in [0.3, 0.4) is 0 Å². The summed E-state index contributed by atoms with van der Waals surface area (Å²) in [5, 5.41) is 9.39. The second-order valence-electron chi connectivity index (χ2n) is 6.44.